The van der Waals surface area contributed by atoms with Gasteiger partial charge in [-0.3, -0.25) is 0 Å². The SMILES string of the molecule is COC[C@@H](N)c1ccnc(Cl)c1Br. The van der Waals surface area contributed by atoms with E-state index < -0.39 is 0 Å². The standard InChI is InChI=1S/C8H10BrClN2O/c1-13-4-6(11)5-2-3-12-8(10)7(5)9/h2-3,6H,4,11H2,1H3/t6-/m1/s1. The molecule has 1 aromatic heterocycles. The van der Waals surface area contributed by atoms with Gasteiger partial charge in [-0.05, 0) is 27.6 Å². The van der Waals surface area contributed by atoms with E-state index in [1.807, 2.05) is 6.07 Å². The Morgan fingerprint density at radius 1 is 1.77 bits per heavy atom. The van der Waals surface area contributed by atoms with E-state index in [2.05, 4.69) is 20.9 Å². The van der Waals surface area contributed by atoms with Crippen molar-refractivity contribution in [3.8, 4) is 0 Å². The van der Waals surface area contributed by atoms with E-state index in [0.717, 1.165) is 10.0 Å². The Kier molecular flexibility index (Phi) is 4.12. The van der Waals surface area contributed by atoms with Crippen molar-refractivity contribution < 1.29 is 4.74 Å². The van der Waals surface area contributed by atoms with Gasteiger partial charge in [0.15, 0.2) is 0 Å². The summed E-state index contributed by atoms with van der Waals surface area (Å²) >= 11 is 9.12. The van der Waals surface area contributed by atoms with E-state index in [9.17, 15) is 0 Å². The Hall–Kier alpha value is -0.160. The molecule has 0 saturated carbocycles. The van der Waals surface area contributed by atoms with E-state index in [1.54, 1.807) is 13.3 Å². The molecule has 3 nitrogen and oxygen atoms in total. The first-order valence-corrected chi connectivity index (χ1v) is 4.88. The number of ether oxygens (including phenoxy) is 1. The Labute approximate surface area is 90.4 Å². The summed E-state index contributed by atoms with van der Waals surface area (Å²) in [6.45, 7) is 0.457. The van der Waals surface area contributed by atoms with Crippen LogP contribution in [0.15, 0.2) is 16.7 Å². The van der Waals surface area contributed by atoms with E-state index >= 15 is 0 Å². The normalized spacial score (nSPS) is 12.9. The second-order valence-electron chi connectivity index (χ2n) is 2.57. The van der Waals surface area contributed by atoms with Crippen LogP contribution >= 0.6 is 27.5 Å². The van der Waals surface area contributed by atoms with Crippen LogP contribution in [0.2, 0.25) is 5.15 Å². The van der Waals surface area contributed by atoms with Gasteiger partial charge in [0, 0.05) is 13.3 Å². The average Bonchev–Trinajstić information content (AvgIpc) is 2.10. The summed E-state index contributed by atoms with van der Waals surface area (Å²) in [7, 11) is 1.61. The van der Waals surface area contributed by atoms with Crippen molar-refractivity contribution in [2.45, 2.75) is 6.04 Å². The predicted octanol–water partition coefficient (Wildman–Crippen LogP) is 2.14. The van der Waals surface area contributed by atoms with Crippen LogP contribution in [0, 0.1) is 0 Å². The summed E-state index contributed by atoms with van der Waals surface area (Å²) < 4.78 is 5.68. The lowest BCUT2D eigenvalue weighted by Gasteiger charge is -2.12. The molecular weight excluding hydrogens is 255 g/mol. The van der Waals surface area contributed by atoms with Crippen LogP contribution in [0.5, 0.6) is 0 Å². The Balaban J connectivity index is 2.93. The molecular formula is C8H10BrClN2O. The summed E-state index contributed by atoms with van der Waals surface area (Å²) in [4.78, 5) is 3.90. The number of nitrogens with zero attached hydrogens (tertiary/aromatic N) is 1. The molecule has 5 heteroatoms. The van der Waals surface area contributed by atoms with Crippen molar-refractivity contribution >= 4 is 27.5 Å². The van der Waals surface area contributed by atoms with Gasteiger partial charge in [-0.25, -0.2) is 4.98 Å². The number of methoxy groups -OCH3 is 1. The third kappa shape index (κ3) is 2.64. The highest BCUT2D eigenvalue weighted by atomic mass is 79.9. The zero-order chi connectivity index (χ0) is 9.84. The summed E-state index contributed by atoms with van der Waals surface area (Å²) in [5, 5.41) is 0.420. The van der Waals surface area contributed by atoms with Gasteiger partial charge >= 0.3 is 0 Å². The molecule has 0 radical (unpaired) electrons. The van der Waals surface area contributed by atoms with Gasteiger partial charge in [0.05, 0.1) is 17.1 Å². The highest BCUT2D eigenvalue weighted by molar-refractivity contribution is 9.10. The topological polar surface area (TPSA) is 48.1 Å². The second kappa shape index (κ2) is 4.91. The maximum absolute atomic E-state index is 5.83. The monoisotopic (exact) mass is 264 g/mol. The fourth-order valence-corrected chi connectivity index (χ4v) is 1.68. The molecule has 0 spiro atoms. The highest BCUT2D eigenvalue weighted by Gasteiger charge is 2.11. The number of halogens is 2. The summed E-state index contributed by atoms with van der Waals surface area (Å²) in [6.07, 6.45) is 1.62. The lowest BCUT2D eigenvalue weighted by atomic mass is 10.1. The second-order valence-corrected chi connectivity index (χ2v) is 3.72. The molecule has 0 fully saturated rings. The minimum absolute atomic E-state index is 0.181. The molecule has 0 aromatic carbocycles. The van der Waals surface area contributed by atoms with Crippen molar-refractivity contribution in [2.75, 3.05) is 13.7 Å². The molecule has 13 heavy (non-hydrogen) atoms. The molecule has 1 atom stereocenters. The van der Waals surface area contributed by atoms with E-state index in [4.69, 9.17) is 22.1 Å². The molecule has 1 rings (SSSR count). The molecule has 0 saturated heterocycles. The molecule has 1 heterocycles. The van der Waals surface area contributed by atoms with Gasteiger partial charge in [-0.2, -0.15) is 0 Å². The van der Waals surface area contributed by atoms with Gasteiger partial charge < -0.3 is 10.5 Å². The first-order chi connectivity index (χ1) is 6.16. The van der Waals surface area contributed by atoms with Gasteiger partial charge in [-0.15, -0.1) is 0 Å². The van der Waals surface area contributed by atoms with E-state index in [1.165, 1.54) is 0 Å². The maximum Gasteiger partial charge on any atom is 0.143 e. The zero-order valence-corrected chi connectivity index (χ0v) is 9.47. The van der Waals surface area contributed by atoms with Gasteiger partial charge in [0.2, 0.25) is 0 Å². The fourth-order valence-electron chi connectivity index (χ4n) is 0.988. The van der Waals surface area contributed by atoms with Crippen molar-refractivity contribution in [1.29, 1.82) is 0 Å². The molecule has 1 aromatic rings. The predicted molar refractivity (Wildman–Crippen MR) is 55.8 cm³/mol. The molecule has 0 aliphatic carbocycles. The molecule has 72 valence electrons. The smallest absolute Gasteiger partial charge is 0.143 e. The van der Waals surface area contributed by atoms with Crippen LogP contribution in [-0.4, -0.2) is 18.7 Å². The first-order valence-electron chi connectivity index (χ1n) is 3.71. The third-order valence-corrected chi connectivity index (χ3v) is 2.97. The number of hydrogen-bond donors (Lipinski definition) is 1. The molecule has 2 N–H and O–H groups in total. The van der Waals surface area contributed by atoms with Crippen LogP contribution < -0.4 is 5.73 Å². The van der Waals surface area contributed by atoms with Crippen molar-refractivity contribution in [3.05, 3.63) is 27.5 Å². The van der Waals surface area contributed by atoms with Crippen molar-refractivity contribution in [1.82, 2.24) is 4.98 Å². The molecule has 0 aliphatic heterocycles. The van der Waals surface area contributed by atoms with Gasteiger partial charge in [0.1, 0.15) is 5.15 Å². The van der Waals surface area contributed by atoms with Crippen molar-refractivity contribution in [2.24, 2.45) is 5.73 Å². The largest absolute Gasteiger partial charge is 0.383 e. The maximum atomic E-state index is 5.83. The van der Waals surface area contributed by atoms with Crippen LogP contribution in [0.1, 0.15) is 11.6 Å². The van der Waals surface area contributed by atoms with E-state index in [0.29, 0.717) is 11.8 Å². The summed E-state index contributed by atoms with van der Waals surface area (Å²) in [6, 6.07) is 1.64. The molecule has 0 amide bonds. The summed E-state index contributed by atoms with van der Waals surface area (Å²) in [5.74, 6) is 0. The van der Waals surface area contributed by atoms with E-state index in [-0.39, 0.29) is 6.04 Å². The van der Waals surface area contributed by atoms with Crippen LogP contribution in [0.3, 0.4) is 0 Å². The number of nitrogens with two attached hydrogens (primary N) is 1. The average molecular weight is 266 g/mol. The van der Waals surface area contributed by atoms with Gasteiger partial charge in [-0.1, -0.05) is 11.6 Å². The highest BCUT2D eigenvalue weighted by Crippen LogP contribution is 2.27. The minimum Gasteiger partial charge on any atom is -0.383 e. The lowest BCUT2D eigenvalue weighted by Crippen LogP contribution is -2.16. The molecule has 0 aliphatic rings. The Bertz CT molecular complexity index is 295. The Morgan fingerprint density at radius 3 is 3.08 bits per heavy atom. The lowest BCUT2D eigenvalue weighted by molar-refractivity contribution is 0.180. The number of rotatable bonds is 3. The Morgan fingerprint density at radius 2 is 2.46 bits per heavy atom. The first kappa shape index (κ1) is 10.9. The number of hydrogen-bond acceptors (Lipinski definition) is 3. The van der Waals surface area contributed by atoms with Crippen LogP contribution in [0.4, 0.5) is 0 Å². The number of pyridine rings is 1. The fraction of sp³-hybridized carbons (Fsp3) is 0.375. The molecule has 0 bridgehead atoms. The number of aromatic nitrogens is 1. The van der Waals surface area contributed by atoms with Crippen molar-refractivity contribution in [3.63, 3.8) is 0 Å². The minimum atomic E-state index is -0.181. The quantitative estimate of drug-likeness (QED) is 0.852. The van der Waals surface area contributed by atoms with Gasteiger partial charge in [0.25, 0.3) is 0 Å². The molecule has 0 unspecified atom stereocenters. The zero-order valence-electron chi connectivity index (χ0n) is 7.13. The summed E-state index contributed by atoms with van der Waals surface area (Å²) in [5.41, 5.74) is 6.74. The van der Waals surface area contributed by atoms with Crippen LogP contribution in [0.25, 0.3) is 0 Å². The third-order valence-electron chi connectivity index (χ3n) is 1.62. The van der Waals surface area contributed by atoms with Crippen LogP contribution in [-0.2, 0) is 4.74 Å².